The highest BCUT2D eigenvalue weighted by Gasteiger charge is 2.32. The van der Waals surface area contributed by atoms with Crippen molar-refractivity contribution < 1.29 is 9.84 Å². The molecule has 2 nitrogen and oxygen atoms in total. The highest BCUT2D eigenvalue weighted by molar-refractivity contribution is 5.47. The Morgan fingerprint density at radius 2 is 1.54 bits per heavy atom. The maximum atomic E-state index is 10.1. The van der Waals surface area contributed by atoms with Crippen molar-refractivity contribution in [2.24, 2.45) is 17.8 Å². The van der Waals surface area contributed by atoms with Gasteiger partial charge in [-0.25, -0.2) is 0 Å². The maximum absolute atomic E-state index is 10.1. The first-order valence-corrected chi connectivity index (χ1v) is 11.8. The van der Waals surface area contributed by atoms with E-state index in [1.54, 1.807) is 6.07 Å². The van der Waals surface area contributed by atoms with Crippen LogP contribution in [0, 0.1) is 17.8 Å². The molecule has 2 heteroatoms. The number of aromatic hydroxyl groups is 1. The van der Waals surface area contributed by atoms with Crippen LogP contribution in [-0.4, -0.2) is 10.7 Å². The average molecular weight is 389 g/mol. The molecule has 0 radical (unpaired) electrons. The third-order valence-corrected chi connectivity index (χ3v) is 6.62. The minimum absolute atomic E-state index is 0.128. The second kappa shape index (κ2) is 11.1. The first kappa shape index (κ1) is 23.1. The molecule has 28 heavy (non-hydrogen) atoms. The van der Waals surface area contributed by atoms with Crippen LogP contribution < -0.4 is 4.74 Å². The van der Waals surface area contributed by atoms with Crippen LogP contribution in [0.4, 0.5) is 0 Å². The Labute approximate surface area is 174 Å². The van der Waals surface area contributed by atoms with E-state index in [1.165, 1.54) is 51.4 Å². The third-order valence-electron chi connectivity index (χ3n) is 6.62. The van der Waals surface area contributed by atoms with Gasteiger partial charge in [-0.15, -0.1) is 0 Å². The fourth-order valence-electron chi connectivity index (χ4n) is 4.56. The predicted octanol–water partition coefficient (Wildman–Crippen LogP) is 7.92. The zero-order valence-electron chi connectivity index (χ0n) is 19.1. The molecule has 0 saturated carbocycles. The van der Waals surface area contributed by atoms with E-state index in [0.717, 1.165) is 48.3 Å². The van der Waals surface area contributed by atoms with E-state index in [-0.39, 0.29) is 5.60 Å². The summed E-state index contributed by atoms with van der Waals surface area (Å²) in [7, 11) is 0. The van der Waals surface area contributed by atoms with E-state index in [1.807, 2.05) is 6.07 Å². The van der Waals surface area contributed by atoms with E-state index in [9.17, 15) is 5.11 Å². The van der Waals surface area contributed by atoms with Crippen LogP contribution in [0.2, 0.25) is 0 Å². The molecule has 160 valence electrons. The molecule has 0 spiro atoms. The fourth-order valence-corrected chi connectivity index (χ4v) is 4.56. The van der Waals surface area contributed by atoms with Crippen molar-refractivity contribution in [2.45, 2.75) is 111 Å². The summed E-state index contributed by atoms with van der Waals surface area (Å²) in [6.45, 7) is 11.7. The van der Waals surface area contributed by atoms with E-state index < -0.39 is 0 Å². The number of phenols is 1. The van der Waals surface area contributed by atoms with Crippen LogP contribution >= 0.6 is 0 Å². The molecular formula is C26H44O2. The smallest absolute Gasteiger partial charge is 0.164 e. The molecule has 1 heterocycles. The lowest BCUT2D eigenvalue weighted by Crippen LogP contribution is -2.36. The lowest BCUT2D eigenvalue weighted by Gasteiger charge is -2.36. The van der Waals surface area contributed by atoms with Crippen LogP contribution in [0.5, 0.6) is 11.5 Å². The number of rotatable bonds is 12. The summed E-state index contributed by atoms with van der Waals surface area (Å²) in [4.78, 5) is 0. The lowest BCUT2D eigenvalue weighted by molar-refractivity contribution is 0.0492. The van der Waals surface area contributed by atoms with Gasteiger partial charge in [-0.05, 0) is 62.0 Å². The molecule has 1 aromatic carbocycles. The molecule has 0 aromatic heterocycles. The number of hydrogen-bond acceptors (Lipinski definition) is 2. The molecule has 1 N–H and O–H groups in total. The van der Waals surface area contributed by atoms with Gasteiger partial charge in [0.15, 0.2) is 11.5 Å². The number of hydrogen-bond donors (Lipinski definition) is 1. The van der Waals surface area contributed by atoms with Crippen LogP contribution in [0.1, 0.15) is 104 Å². The summed E-state index contributed by atoms with van der Waals surface area (Å²) < 4.78 is 6.25. The predicted molar refractivity (Wildman–Crippen MR) is 120 cm³/mol. The van der Waals surface area contributed by atoms with E-state index in [2.05, 4.69) is 40.7 Å². The second-order valence-electron chi connectivity index (χ2n) is 10.2. The first-order valence-electron chi connectivity index (χ1n) is 11.8. The zero-order valence-corrected chi connectivity index (χ0v) is 19.1. The van der Waals surface area contributed by atoms with Crippen LogP contribution in [0.15, 0.2) is 18.2 Å². The van der Waals surface area contributed by atoms with Gasteiger partial charge in [0.2, 0.25) is 0 Å². The summed E-state index contributed by atoms with van der Waals surface area (Å²) in [5.41, 5.74) is 1.02. The zero-order chi connectivity index (χ0) is 20.6. The van der Waals surface area contributed by atoms with Crippen LogP contribution in [0.3, 0.4) is 0 Å². The van der Waals surface area contributed by atoms with Gasteiger partial charge in [-0.2, -0.15) is 0 Å². The Kier molecular flexibility index (Phi) is 9.18. The normalized spacial score (nSPS) is 21.2. The molecule has 1 aliphatic rings. The standard InChI is InChI=1S/C26H44O2/c1-20(2)10-6-11-21(3)12-7-13-22(4)14-9-18-26(5)19-17-23-15-8-16-24(27)25(23)28-26/h8,15-16,20-22,27H,6-7,9-14,17-19H2,1-5H3. The molecule has 3 atom stereocenters. The Balaban J connectivity index is 1.62. The number of fused-ring (bicyclic) bond motifs is 1. The quantitative estimate of drug-likeness (QED) is 0.394. The minimum Gasteiger partial charge on any atom is -0.504 e. The summed E-state index contributed by atoms with van der Waals surface area (Å²) in [5.74, 6) is 3.54. The number of ether oxygens (including phenoxy) is 1. The molecule has 0 bridgehead atoms. The van der Waals surface area contributed by atoms with Crippen molar-refractivity contribution in [3.05, 3.63) is 23.8 Å². The van der Waals surface area contributed by atoms with Gasteiger partial charge in [-0.1, -0.05) is 84.8 Å². The van der Waals surface area contributed by atoms with Crippen molar-refractivity contribution in [3.63, 3.8) is 0 Å². The monoisotopic (exact) mass is 388 g/mol. The van der Waals surface area contributed by atoms with Gasteiger partial charge < -0.3 is 9.84 Å². The fraction of sp³-hybridized carbons (Fsp3) is 0.769. The SMILES string of the molecule is CC(C)CCCC(C)CCCC(C)CCCC1(C)CCc2cccc(O)c2O1. The molecule has 2 rings (SSSR count). The van der Waals surface area contributed by atoms with Gasteiger partial charge in [0.05, 0.1) is 0 Å². The Hall–Kier alpha value is -1.18. The van der Waals surface area contributed by atoms with E-state index >= 15 is 0 Å². The molecule has 3 unspecified atom stereocenters. The largest absolute Gasteiger partial charge is 0.504 e. The highest BCUT2D eigenvalue weighted by atomic mass is 16.5. The Morgan fingerprint density at radius 1 is 0.929 bits per heavy atom. The van der Waals surface area contributed by atoms with Gasteiger partial charge in [0, 0.05) is 0 Å². The third kappa shape index (κ3) is 7.68. The number of phenolic OH excluding ortho intramolecular Hbond substituents is 1. The summed E-state index contributed by atoms with van der Waals surface area (Å²) in [5, 5.41) is 10.1. The summed E-state index contributed by atoms with van der Waals surface area (Å²) >= 11 is 0. The molecule has 0 amide bonds. The molecule has 1 aliphatic heterocycles. The Morgan fingerprint density at radius 3 is 2.18 bits per heavy atom. The van der Waals surface area contributed by atoms with Gasteiger partial charge in [-0.3, -0.25) is 0 Å². The van der Waals surface area contributed by atoms with Gasteiger partial charge >= 0.3 is 0 Å². The highest BCUT2D eigenvalue weighted by Crippen LogP contribution is 2.41. The molecular weight excluding hydrogens is 344 g/mol. The van der Waals surface area contributed by atoms with Crippen molar-refractivity contribution in [3.8, 4) is 11.5 Å². The molecule has 0 aliphatic carbocycles. The second-order valence-corrected chi connectivity index (χ2v) is 10.2. The molecule has 0 saturated heterocycles. The lowest BCUT2D eigenvalue weighted by atomic mass is 9.86. The summed E-state index contributed by atoms with van der Waals surface area (Å²) in [6, 6.07) is 5.71. The number of aryl methyl sites for hydroxylation is 1. The maximum Gasteiger partial charge on any atom is 0.164 e. The van der Waals surface area contributed by atoms with E-state index in [0.29, 0.717) is 5.75 Å². The van der Waals surface area contributed by atoms with Crippen molar-refractivity contribution >= 4 is 0 Å². The van der Waals surface area contributed by atoms with Crippen LogP contribution in [-0.2, 0) is 6.42 Å². The van der Waals surface area contributed by atoms with Gasteiger partial charge in [0.25, 0.3) is 0 Å². The van der Waals surface area contributed by atoms with Crippen LogP contribution in [0.25, 0.3) is 0 Å². The van der Waals surface area contributed by atoms with Crippen molar-refractivity contribution in [2.75, 3.05) is 0 Å². The Bertz CT molecular complexity index is 580. The van der Waals surface area contributed by atoms with Gasteiger partial charge in [0.1, 0.15) is 5.60 Å². The minimum atomic E-state index is -0.128. The molecule has 0 fully saturated rings. The van der Waals surface area contributed by atoms with E-state index in [4.69, 9.17) is 4.74 Å². The average Bonchev–Trinajstić information content (AvgIpc) is 2.62. The molecule has 1 aromatic rings. The first-order chi connectivity index (χ1) is 13.3. The number of para-hydroxylation sites is 1. The van der Waals surface area contributed by atoms with Crippen molar-refractivity contribution in [1.29, 1.82) is 0 Å². The topological polar surface area (TPSA) is 29.5 Å². The van der Waals surface area contributed by atoms with Crippen molar-refractivity contribution in [1.82, 2.24) is 0 Å². The summed E-state index contributed by atoms with van der Waals surface area (Å²) in [6.07, 6.45) is 13.9. The number of benzene rings is 1.